The van der Waals surface area contributed by atoms with Gasteiger partial charge in [0.05, 0.1) is 11.8 Å². The fraction of sp³-hybridized carbons (Fsp3) is 0.714. The van der Waals surface area contributed by atoms with Crippen molar-refractivity contribution in [2.24, 2.45) is 28.6 Å². The first-order valence-electron chi connectivity index (χ1n) is 9.71. The molecule has 26 heavy (non-hydrogen) atoms. The number of nitrogens with one attached hydrogen (secondary N) is 1. The van der Waals surface area contributed by atoms with Gasteiger partial charge in [0.15, 0.2) is 5.78 Å². The molecule has 4 rings (SSSR count). The number of aliphatic hydroxyl groups excluding tert-OH is 2. The molecule has 0 amide bonds. The number of hydrogen-bond donors (Lipinski definition) is 4. The van der Waals surface area contributed by atoms with E-state index < -0.39 is 29.5 Å². The minimum Gasteiger partial charge on any atom is -0.393 e. The number of rotatable bonds is 2. The van der Waals surface area contributed by atoms with E-state index in [9.17, 15) is 20.1 Å². The molecule has 5 heteroatoms. The third kappa shape index (κ3) is 2.08. The minimum atomic E-state index is -1.54. The van der Waals surface area contributed by atoms with Crippen molar-refractivity contribution in [3.05, 3.63) is 23.8 Å². The smallest absolute Gasteiger partial charge is 0.190 e. The zero-order chi connectivity index (χ0) is 18.9. The summed E-state index contributed by atoms with van der Waals surface area (Å²) in [5, 5.41) is 39.7. The van der Waals surface area contributed by atoms with E-state index in [1.54, 1.807) is 0 Å². The zero-order valence-electron chi connectivity index (χ0n) is 15.5. The van der Waals surface area contributed by atoms with E-state index in [0.29, 0.717) is 18.6 Å². The molecule has 5 nitrogen and oxygen atoms in total. The van der Waals surface area contributed by atoms with Crippen molar-refractivity contribution < 1.29 is 20.1 Å². The maximum Gasteiger partial charge on any atom is 0.190 e. The Morgan fingerprint density at radius 2 is 2.08 bits per heavy atom. The molecule has 4 N–H and O–H groups in total. The van der Waals surface area contributed by atoms with Gasteiger partial charge in [0.2, 0.25) is 0 Å². The summed E-state index contributed by atoms with van der Waals surface area (Å²) in [5.74, 6) is -0.0915. The number of hydrogen-bond acceptors (Lipinski definition) is 5. The number of allylic oxidation sites excluding steroid dienone is 4. The number of carbonyl (C=O) groups is 1. The molecule has 0 radical (unpaired) electrons. The molecule has 0 saturated heterocycles. The topological polar surface area (TPSA) is 102 Å². The van der Waals surface area contributed by atoms with Crippen molar-refractivity contribution in [2.75, 3.05) is 6.61 Å². The summed E-state index contributed by atoms with van der Waals surface area (Å²) in [6.45, 7) is 3.43. The molecule has 0 aliphatic heterocycles. The van der Waals surface area contributed by atoms with Gasteiger partial charge in [-0.05, 0) is 56.1 Å². The molecule has 0 aromatic rings. The Kier molecular flexibility index (Phi) is 3.89. The Hall–Kier alpha value is -1.30. The van der Waals surface area contributed by atoms with Gasteiger partial charge in [-0.15, -0.1) is 0 Å². The first-order valence-corrected chi connectivity index (χ1v) is 9.71. The van der Waals surface area contributed by atoms with Crippen LogP contribution in [0.5, 0.6) is 0 Å². The predicted octanol–water partition coefficient (Wildman–Crippen LogP) is 2.01. The van der Waals surface area contributed by atoms with Gasteiger partial charge in [-0.3, -0.25) is 4.79 Å². The normalized spacial score (nSPS) is 49.9. The first kappa shape index (κ1) is 18.1. The van der Waals surface area contributed by atoms with Gasteiger partial charge >= 0.3 is 0 Å². The molecule has 0 heterocycles. The maximum absolute atomic E-state index is 12.4. The van der Waals surface area contributed by atoms with E-state index in [1.165, 1.54) is 5.57 Å². The van der Waals surface area contributed by atoms with E-state index in [1.807, 2.05) is 19.1 Å². The monoisotopic (exact) mass is 359 g/mol. The molecular weight excluding hydrogens is 330 g/mol. The fourth-order valence-corrected chi connectivity index (χ4v) is 6.94. The Morgan fingerprint density at radius 3 is 2.77 bits per heavy atom. The summed E-state index contributed by atoms with van der Waals surface area (Å²) >= 11 is 0. The Bertz CT molecular complexity index is 728. The molecule has 142 valence electrons. The van der Waals surface area contributed by atoms with Crippen molar-refractivity contribution >= 4 is 11.5 Å². The molecule has 3 unspecified atom stereocenters. The van der Waals surface area contributed by atoms with Crippen LogP contribution in [0.15, 0.2) is 23.8 Å². The van der Waals surface area contributed by atoms with Crippen LogP contribution in [0.1, 0.15) is 46.0 Å². The van der Waals surface area contributed by atoms with Crippen LogP contribution in [0.25, 0.3) is 0 Å². The molecule has 0 aromatic heterocycles. The summed E-state index contributed by atoms with van der Waals surface area (Å²) in [5.41, 5.74) is -0.783. The van der Waals surface area contributed by atoms with E-state index in [2.05, 4.69) is 13.0 Å². The lowest BCUT2D eigenvalue weighted by Crippen LogP contribution is -2.61. The van der Waals surface area contributed by atoms with Crippen LogP contribution in [0.4, 0.5) is 0 Å². The lowest BCUT2D eigenvalue weighted by atomic mass is 9.46. The summed E-state index contributed by atoms with van der Waals surface area (Å²) in [7, 11) is 0. The maximum atomic E-state index is 12.4. The number of ketones is 1. The molecule has 7 atom stereocenters. The third-order valence-corrected chi connectivity index (χ3v) is 8.28. The van der Waals surface area contributed by atoms with Crippen LogP contribution in [0, 0.1) is 34.0 Å². The zero-order valence-corrected chi connectivity index (χ0v) is 15.5. The van der Waals surface area contributed by atoms with Crippen LogP contribution in [-0.4, -0.2) is 45.1 Å². The van der Waals surface area contributed by atoms with Crippen molar-refractivity contribution in [3.8, 4) is 0 Å². The van der Waals surface area contributed by atoms with Crippen LogP contribution in [-0.2, 0) is 4.79 Å². The molecular formula is C21H29NO4. The summed E-state index contributed by atoms with van der Waals surface area (Å²) < 4.78 is 0. The minimum absolute atomic E-state index is 0.0384. The quantitative estimate of drug-likeness (QED) is 0.606. The second-order valence-corrected chi connectivity index (χ2v) is 9.24. The van der Waals surface area contributed by atoms with Gasteiger partial charge < -0.3 is 20.7 Å². The molecule has 0 bridgehead atoms. The van der Waals surface area contributed by atoms with E-state index in [4.69, 9.17) is 5.41 Å². The van der Waals surface area contributed by atoms with Crippen LogP contribution < -0.4 is 0 Å². The SMILES string of the molecule is C[C@]12C=CC(=N)C=C1CCC1C2[C@@H](O)C[C@@]2(C)C1CC[C@]2(O)C(=O)CO. The molecule has 4 aliphatic rings. The lowest BCUT2D eigenvalue weighted by Gasteiger charge is -2.59. The second-order valence-electron chi connectivity index (χ2n) is 9.24. The molecule has 4 aliphatic carbocycles. The largest absolute Gasteiger partial charge is 0.393 e. The van der Waals surface area contributed by atoms with Crippen molar-refractivity contribution in [1.29, 1.82) is 5.41 Å². The summed E-state index contributed by atoms with van der Waals surface area (Å²) in [6, 6.07) is 0. The van der Waals surface area contributed by atoms with E-state index >= 15 is 0 Å². The second kappa shape index (κ2) is 5.60. The standard InChI is InChI=1S/C21H29NO4/c1-19-7-5-13(22)9-12(19)3-4-14-15-6-8-21(26,17(25)11-23)20(15,2)10-16(24)18(14)19/h5,7,9,14-16,18,22-24,26H,3-4,6,8,10-11H2,1-2H3/t14?,15?,16-,18?,19-,20-,21-/m0/s1. The van der Waals surface area contributed by atoms with Gasteiger partial charge in [-0.1, -0.05) is 25.5 Å². The van der Waals surface area contributed by atoms with E-state index in [-0.39, 0.29) is 23.2 Å². The summed E-state index contributed by atoms with van der Waals surface area (Å²) in [6.07, 6.45) is 8.50. The molecule has 3 fully saturated rings. The lowest BCUT2D eigenvalue weighted by molar-refractivity contribution is -0.178. The average molecular weight is 359 g/mol. The highest BCUT2D eigenvalue weighted by Gasteiger charge is 2.67. The number of fused-ring (bicyclic) bond motifs is 5. The van der Waals surface area contributed by atoms with E-state index in [0.717, 1.165) is 19.3 Å². The highest BCUT2D eigenvalue weighted by atomic mass is 16.3. The predicted molar refractivity (Wildman–Crippen MR) is 97.8 cm³/mol. The number of Topliss-reactive ketones (excluding diaryl/α,β-unsaturated/α-hetero) is 1. The molecule has 3 saturated carbocycles. The first-order chi connectivity index (χ1) is 12.2. The highest BCUT2D eigenvalue weighted by Crippen LogP contribution is 2.67. The van der Waals surface area contributed by atoms with Crippen LogP contribution in [0.3, 0.4) is 0 Å². The number of carbonyl (C=O) groups excluding carboxylic acids is 1. The van der Waals surface area contributed by atoms with Crippen molar-refractivity contribution in [3.63, 3.8) is 0 Å². The summed E-state index contributed by atoms with van der Waals surface area (Å²) in [4.78, 5) is 12.4. The van der Waals surface area contributed by atoms with Crippen LogP contribution >= 0.6 is 0 Å². The van der Waals surface area contributed by atoms with Gasteiger partial charge in [-0.2, -0.15) is 0 Å². The van der Waals surface area contributed by atoms with Gasteiger partial charge in [0.25, 0.3) is 0 Å². The number of aliphatic hydroxyl groups is 3. The van der Waals surface area contributed by atoms with Gasteiger partial charge in [0.1, 0.15) is 12.2 Å². The molecule has 0 aromatic carbocycles. The van der Waals surface area contributed by atoms with Gasteiger partial charge in [0, 0.05) is 16.7 Å². The Labute approximate surface area is 154 Å². The highest BCUT2D eigenvalue weighted by molar-refractivity contribution is 6.03. The third-order valence-electron chi connectivity index (χ3n) is 8.28. The van der Waals surface area contributed by atoms with Crippen molar-refractivity contribution in [1.82, 2.24) is 0 Å². The fourth-order valence-electron chi connectivity index (χ4n) is 6.94. The Morgan fingerprint density at radius 1 is 1.35 bits per heavy atom. The van der Waals surface area contributed by atoms with Crippen molar-refractivity contribution in [2.45, 2.75) is 57.7 Å². The molecule has 0 spiro atoms. The van der Waals surface area contributed by atoms with Crippen LogP contribution in [0.2, 0.25) is 0 Å². The van der Waals surface area contributed by atoms with Gasteiger partial charge in [-0.25, -0.2) is 0 Å². The Balaban J connectivity index is 1.75. The average Bonchev–Trinajstić information content (AvgIpc) is 2.86.